The van der Waals surface area contributed by atoms with E-state index >= 15 is 0 Å². The average molecular weight is 411 g/mol. The molecule has 0 radical (unpaired) electrons. The molecule has 30 heavy (non-hydrogen) atoms. The molecule has 156 valence electrons. The van der Waals surface area contributed by atoms with E-state index in [4.69, 9.17) is 0 Å². The highest BCUT2D eigenvalue weighted by Crippen LogP contribution is 2.25. The van der Waals surface area contributed by atoms with Gasteiger partial charge in [-0.25, -0.2) is 14.3 Å². The van der Waals surface area contributed by atoms with Crippen molar-refractivity contribution in [3.63, 3.8) is 0 Å². The summed E-state index contributed by atoms with van der Waals surface area (Å²) in [5, 5.41) is 15.5. The van der Waals surface area contributed by atoms with Crippen LogP contribution in [0.2, 0.25) is 0 Å². The van der Waals surface area contributed by atoms with Gasteiger partial charge >= 0.3 is 12.1 Å². The lowest BCUT2D eigenvalue weighted by atomic mass is 9.91. The summed E-state index contributed by atoms with van der Waals surface area (Å²) in [5.74, 6) is -0.567. The quantitative estimate of drug-likeness (QED) is 0.478. The summed E-state index contributed by atoms with van der Waals surface area (Å²) < 4.78 is 1.60. The zero-order valence-electron chi connectivity index (χ0n) is 16.5. The number of nitrogens with zero attached hydrogens (tertiary/aromatic N) is 4. The maximum Gasteiger partial charge on any atom is 0.322 e. The minimum Gasteiger partial charge on any atom is -0.334 e. The number of imide groups is 1. The van der Waals surface area contributed by atoms with Crippen LogP contribution in [0, 0.1) is 0 Å². The standard InChI is InChI=1S/C19H21N7O4/c1-11(27)15-10-26(24-23-15)14-8-25(9-14)18(30)20-7-12-4-3-5-13(6-12)19(2)16(28)21-17(29)22-19/h3-6,10,14H,7-9H2,1-2H3,(H,20,30)(H2,21,22,28,29). The summed E-state index contributed by atoms with van der Waals surface area (Å²) in [6, 6.07) is 6.38. The van der Waals surface area contributed by atoms with E-state index < -0.39 is 17.5 Å². The van der Waals surface area contributed by atoms with E-state index in [1.54, 1.807) is 40.9 Å². The number of benzene rings is 1. The van der Waals surface area contributed by atoms with Crippen LogP contribution in [0.5, 0.6) is 0 Å². The second kappa shape index (κ2) is 7.25. The molecule has 1 atom stereocenters. The van der Waals surface area contributed by atoms with Crippen molar-refractivity contribution in [3.8, 4) is 0 Å². The number of rotatable bonds is 5. The predicted octanol–water partition coefficient (Wildman–Crippen LogP) is 0.302. The first-order valence-corrected chi connectivity index (χ1v) is 9.45. The van der Waals surface area contributed by atoms with Gasteiger partial charge in [0.1, 0.15) is 11.2 Å². The molecule has 1 aromatic carbocycles. The van der Waals surface area contributed by atoms with Crippen molar-refractivity contribution in [2.24, 2.45) is 0 Å². The van der Waals surface area contributed by atoms with Crippen molar-refractivity contribution < 1.29 is 19.2 Å². The summed E-state index contributed by atoms with van der Waals surface area (Å²) in [6.07, 6.45) is 1.59. The Morgan fingerprint density at radius 2 is 2.07 bits per heavy atom. The molecule has 2 aliphatic heterocycles. The first-order valence-electron chi connectivity index (χ1n) is 9.45. The van der Waals surface area contributed by atoms with Gasteiger partial charge in [-0.2, -0.15) is 0 Å². The number of likely N-dealkylation sites (tertiary alicyclic amines) is 1. The Labute approximate surface area is 171 Å². The Morgan fingerprint density at radius 1 is 1.30 bits per heavy atom. The number of Topliss-reactive ketones (excluding diaryl/α,β-unsaturated/α-hetero) is 1. The fourth-order valence-electron chi connectivity index (χ4n) is 3.43. The number of ketones is 1. The molecule has 2 aromatic rings. The lowest BCUT2D eigenvalue weighted by Crippen LogP contribution is -2.54. The third kappa shape index (κ3) is 3.49. The van der Waals surface area contributed by atoms with E-state index in [1.807, 2.05) is 6.07 Å². The van der Waals surface area contributed by atoms with Crippen LogP contribution in [-0.2, 0) is 16.9 Å². The molecule has 2 saturated heterocycles. The molecule has 2 aliphatic rings. The van der Waals surface area contributed by atoms with Crippen LogP contribution in [0.3, 0.4) is 0 Å². The summed E-state index contributed by atoms with van der Waals surface area (Å²) in [5.41, 5.74) is 0.598. The van der Waals surface area contributed by atoms with Crippen LogP contribution in [0.4, 0.5) is 9.59 Å². The van der Waals surface area contributed by atoms with E-state index in [-0.39, 0.29) is 24.4 Å². The molecule has 3 heterocycles. The predicted molar refractivity (Wildman–Crippen MR) is 103 cm³/mol. The summed E-state index contributed by atoms with van der Waals surface area (Å²) in [7, 11) is 0. The first-order chi connectivity index (χ1) is 14.3. The lowest BCUT2D eigenvalue weighted by molar-refractivity contribution is -0.123. The second-order valence-electron chi connectivity index (χ2n) is 7.59. The number of hydrogen-bond donors (Lipinski definition) is 3. The first kappa shape index (κ1) is 19.6. The Kier molecular flexibility index (Phi) is 4.72. The normalized spacial score (nSPS) is 21.1. The van der Waals surface area contributed by atoms with E-state index in [0.717, 1.165) is 5.56 Å². The number of nitrogens with one attached hydrogen (secondary N) is 3. The van der Waals surface area contributed by atoms with Crippen molar-refractivity contribution in [2.75, 3.05) is 13.1 Å². The minimum absolute atomic E-state index is 0.0101. The van der Waals surface area contributed by atoms with Crippen LogP contribution in [0.1, 0.15) is 41.5 Å². The fraction of sp³-hybridized carbons (Fsp3) is 0.368. The van der Waals surface area contributed by atoms with Crippen molar-refractivity contribution in [3.05, 3.63) is 47.3 Å². The molecule has 4 rings (SSSR count). The van der Waals surface area contributed by atoms with Crippen molar-refractivity contribution in [1.82, 2.24) is 35.8 Å². The minimum atomic E-state index is -1.14. The van der Waals surface area contributed by atoms with E-state index in [1.165, 1.54) is 6.92 Å². The molecular weight excluding hydrogens is 390 g/mol. The Balaban J connectivity index is 1.32. The van der Waals surface area contributed by atoms with Crippen LogP contribution >= 0.6 is 0 Å². The summed E-state index contributed by atoms with van der Waals surface area (Å²) >= 11 is 0. The van der Waals surface area contributed by atoms with Gasteiger partial charge in [0.05, 0.1) is 12.2 Å². The van der Waals surface area contributed by atoms with Crippen molar-refractivity contribution in [1.29, 1.82) is 0 Å². The SMILES string of the molecule is CC(=O)c1cn(C2CN(C(=O)NCc3cccc(C4(C)NC(=O)NC4=O)c3)C2)nn1. The molecule has 1 aromatic heterocycles. The Bertz CT molecular complexity index is 1040. The second-order valence-corrected chi connectivity index (χ2v) is 7.59. The van der Waals surface area contributed by atoms with Gasteiger partial charge in [-0.3, -0.25) is 14.9 Å². The smallest absolute Gasteiger partial charge is 0.322 e. The monoisotopic (exact) mass is 411 g/mol. The van der Waals surface area contributed by atoms with Gasteiger partial charge in [0.15, 0.2) is 5.78 Å². The Hall–Kier alpha value is -3.76. The molecular formula is C19H21N7O4. The highest BCUT2D eigenvalue weighted by Gasteiger charge is 2.43. The topological polar surface area (TPSA) is 138 Å². The molecule has 5 amide bonds. The van der Waals surface area contributed by atoms with Crippen molar-refractivity contribution >= 4 is 23.8 Å². The third-order valence-corrected chi connectivity index (χ3v) is 5.39. The number of urea groups is 2. The maximum atomic E-state index is 12.4. The van der Waals surface area contributed by atoms with E-state index in [9.17, 15) is 19.2 Å². The molecule has 0 bridgehead atoms. The number of carbonyl (C=O) groups is 4. The molecule has 0 aliphatic carbocycles. The maximum absolute atomic E-state index is 12.4. The molecule has 11 heteroatoms. The van der Waals surface area contributed by atoms with Gasteiger partial charge in [-0.05, 0) is 18.1 Å². The Morgan fingerprint density at radius 3 is 2.70 bits per heavy atom. The zero-order valence-corrected chi connectivity index (χ0v) is 16.5. The van der Waals surface area contributed by atoms with Crippen LogP contribution < -0.4 is 16.0 Å². The number of hydrogen-bond acceptors (Lipinski definition) is 6. The fourth-order valence-corrected chi connectivity index (χ4v) is 3.43. The van der Waals surface area contributed by atoms with Gasteiger partial charge in [0, 0.05) is 26.6 Å². The molecule has 0 spiro atoms. The highest BCUT2D eigenvalue weighted by atomic mass is 16.2. The summed E-state index contributed by atoms with van der Waals surface area (Å²) in [4.78, 5) is 48.9. The lowest BCUT2D eigenvalue weighted by Gasteiger charge is -2.38. The van der Waals surface area contributed by atoms with Gasteiger partial charge in [-0.1, -0.05) is 29.5 Å². The number of aromatic nitrogens is 3. The van der Waals surface area contributed by atoms with E-state index in [0.29, 0.717) is 24.3 Å². The van der Waals surface area contributed by atoms with Crippen molar-refractivity contribution in [2.45, 2.75) is 32.0 Å². The van der Waals surface area contributed by atoms with Gasteiger partial charge < -0.3 is 15.5 Å². The molecule has 2 fully saturated rings. The zero-order chi connectivity index (χ0) is 21.5. The number of amides is 5. The highest BCUT2D eigenvalue weighted by molar-refractivity contribution is 6.07. The largest absolute Gasteiger partial charge is 0.334 e. The van der Waals surface area contributed by atoms with Gasteiger partial charge in [0.2, 0.25) is 0 Å². The average Bonchev–Trinajstić information content (AvgIpc) is 3.24. The van der Waals surface area contributed by atoms with Crippen LogP contribution in [-0.4, -0.2) is 56.7 Å². The molecule has 1 unspecified atom stereocenters. The molecule has 0 saturated carbocycles. The van der Waals surface area contributed by atoms with Gasteiger partial charge in [0.25, 0.3) is 5.91 Å². The molecule has 11 nitrogen and oxygen atoms in total. The number of carbonyl (C=O) groups excluding carboxylic acids is 4. The van der Waals surface area contributed by atoms with Gasteiger partial charge in [-0.15, -0.1) is 5.10 Å². The van der Waals surface area contributed by atoms with E-state index in [2.05, 4.69) is 26.3 Å². The van der Waals surface area contributed by atoms with Crippen LogP contribution in [0.15, 0.2) is 30.5 Å². The summed E-state index contributed by atoms with van der Waals surface area (Å²) in [6.45, 7) is 4.27. The molecule has 3 N–H and O–H groups in total. The van der Waals surface area contributed by atoms with Crippen LogP contribution in [0.25, 0.3) is 0 Å². The third-order valence-electron chi connectivity index (χ3n) is 5.39.